The van der Waals surface area contributed by atoms with Crippen LogP contribution in [0.4, 0.5) is 0 Å². The lowest BCUT2D eigenvalue weighted by Crippen LogP contribution is -2.40. The lowest BCUT2D eigenvalue weighted by molar-refractivity contribution is 0.177. The summed E-state index contributed by atoms with van der Waals surface area (Å²) in [5.41, 5.74) is 3.02. The highest BCUT2D eigenvalue weighted by Crippen LogP contribution is 2.29. The molecule has 2 aromatic rings. The summed E-state index contributed by atoms with van der Waals surface area (Å²) in [4.78, 5) is 4.57. The average molecular weight is 326 g/mol. The fourth-order valence-electron chi connectivity index (χ4n) is 4.07. The van der Waals surface area contributed by atoms with Crippen molar-refractivity contribution in [3.8, 4) is 0 Å². The maximum atomic E-state index is 5.15. The van der Waals surface area contributed by atoms with E-state index >= 15 is 0 Å². The van der Waals surface area contributed by atoms with Crippen LogP contribution in [0.15, 0.2) is 24.3 Å². The number of benzene rings is 1. The minimum atomic E-state index is 0.464. The summed E-state index contributed by atoms with van der Waals surface area (Å²) in [6, 6.07) is 9.87. The van der Waals surface area contributed by atoms with Gasteiger partial charge in [0, 0.05) is 25.6 Å². The molecule has 0 amide bonds. The molecule has 0 bridgehead atoms. The van der Waals surface area contributed by atoms with Crippen LogP contribution in [0.25, 0.3) is 0 Å². The molecule has 1 aliphatic heterocycles. The molecule has 2 aliphatic rings. The fraction of sp³-hybridized carbons (Fsp3) is 0.579. The van der Waals surface area contributed by atoms with Crippen LogP contribution in [-0.4, -0.2) is 27.9 Å². The maximum Gasteiger partial charge on any atom is 0.176 e. The quantitative estimate of drug-likeness (QED) is 0.878. The van der Waals surface area contributed by atoms with Gasteiger partial charge in [-0.2, -0.15) is 5.10 Å². The van der Waals surface area contributed by atoms with Crippen molar-refractivity contribution in [2.24, 2.45) is 0 Å². The Morgan fingerprint density at radius 1 is 1.21 bits per heavy atom. The Labute approximate surface area is 143 Å². The predicted octanol–water partition coefficient (Wildman–Crippen LogP) is 2.80. The minimum absolute atomic E-state index is 0.464. The first-order valence-electron chi connectivity index (χ1n) is 9.09. The van der Waals surface area contributed by atoms with E-state index in [2.05, 4.69) is 44.3 Å². The predicted molar refractivity (Wildman–Crippen MR) is 92.7 cm³/mol. The third-order valence-corrected chi connectivity index (χ3v) is 5.23. The Balaban J connectivity index is 1.48. The Morgan fingerprint density at radius 3 is 3.04 bits per heavy atom. The third-order valence-electron chi connectivity index (χ3n) is 5.23. The zero-order chi connectivity index (χ0) is 16.4. The number of aryl methyl sites for hydroxylation is 2. The van der Waals surface area contributed by atoms with Gasteiger partial charge in [0.15, 0.2) is 5.82 Å². The summed E-state index contributed by atoms with van der Waals surface area (Å²) >= 11 is 0. The maximum absolute atomic E-state index is 5.15. The molecule has 1 N–H and O–H groups in total. The molecule has 1 aromatic carbocycles. The molecule has 0 radical (unpaired) electrons. The molecule has 1 aromatic heterocycles. The van der Waals surface area contributed by atoms with Gasteiger partial charge in [0.1, 0.15) is 12.4 Å². The van der Waals surface area contributed by atoms with Gasteiger partial charge >= 0.3 is 0 Å². The van der Waals surface area contributed by atoms with E-state index in [1.807, 2.05) is 0 Å². The van der Waals surface area contributed by atoms with Gasteiger partial charge in [-0.15, -0.1) is 0 Å². The van der Waals surface area contributed by atoms with Crippen LogP contribution in [0.3, 0.4) is 0 Å². The molecule has 0 spiro atoms. The van der Waals surface area contributed by atoms with E-state index in [0.717, 1.165) is 31.0 Å². The van der Waals surface area contributed by atoms with Crippen molar-refractivity contribution < 1.29 is 4.74 Å². The summed E-state index contributed by atoms with van der Waals surface area (Å²) in [5.74, 6) is 1.90. The first-order chi connectivity index (χ1) is 11.8. The molecule has 4 rings (SSSR count). The number of aromatic nitrogens is 3. The summed E-state index contributed by atoms with van der Waals surface area (Å²) in [7, 11) is 1.69. The molecule has 0 fully saturated rings. The second-order valence-electron chi connectivity index (χ2n) is 6.96. The van der Waals surface area contributed by atoms with Crippen LogP contribution in [0, 0.1) is 0 Å². The van der Waals surface area contributed by atoms with Crippen molar-refractivity contribution in [1.29, 1.82) is 0 Å². The van der Waals surface area contributed by atoms with E-state index in [1.165, 1.54) is 36.8 Å². The van der Waals surface area contributed by atoms with E-state index in [-0.39, 0.29) is 0 Å². The Kier molecular flexibility index (Phi) is 4.63. The summed E-state index contributed by atoms with van der Waals surface area (Å²) in [6.45, 7) is 1.40. The van der Waals surface area contributed by atoms with E-state index < -0.39 is 0 Å². The van der Waals surface area contributed by atoms with E-state index in [0.29, 0.717) is 18.7 Å². The molecule has 2 heterocycles. The molecule has 1 aliphatic carbocycles. The van der Waals surface area contributed by atoms with Gasteiger partial charge in [-0.3, -0.25) is 0 Å². The van der Waals surface area contributed by atoms with Crippen LogP contribution in [0.2, 0.25) is 0 Å². The number of rotatable bonds is 4. The van der Waals surface area contributed by atoms with Crippen molar-refractivity contribution in [3.63, 3.8) is 0 Å². The zero-order valence-corrected chi connectivity index (χ0v) is 14.4. The van der Waals surface area contributed by atoms with E-state index in [4.69, 9.17) is 4.74 Å². The lowest BCUT2D eigenvalue weighted by Gasteiger charge is -2.29. The molecular formula is C19H26N4O. The summed E-state index contributed by atoms with van der Waals surface area (Å²) in [6.07, 6.45) is 7.16. The summed E-state index contributed by atoms with van der Waals surface area (Å²) < 4.78 is 7.22. The number of ether oxygens (including phenoxy) is 1. The van der Waals surface area contributed by atoms with E-state index in [1.54, 1.807) is 7.11 Å². The van der Waals surface area contributed by atoms with Gasteiger partial charge in [0.2, 0.25) is 0 Å². The number of hydrogen-bond donors (Lipinski definition) is 1. The second kappa shape index (κ2) is 7.03. The van der Waals surface area contributed by atoms with Gasteiger partial charge in [-0.1, -0.05) is 30.7 Å². The van der Waals surface area contributed by atoms with Gasteiger partial charge in [0.05, 0.1) is 6.54 Å². The Morgan fingerprint density at radius 2 is 2.12 bits per heavy atom. The Bertz CT molecular complexity index is 696. The molecule has 128 valence electrons. The summed E-state index contributed by atoms with van der Waals surface area (Å²) in [5, 5.41) is 8.50. The first-order valence-corrected chi connectivity index (χ1v) is 9.09. The molecule has 5 nitrogen and oxygen atoms in total. The smallest absolute Gasteiger partial charge is 0.176 e. The highest BCUT2D eigenvalue weighted by atomic mass is 16.5. The SMILES string of the molecule is COCc1nc2n(n1)C[C@@H](N[C@@H]1CCCCc3ccccc31)CC2. The Hall–Kier alpha value is -1.72. The van der Waals surface area contributed by atoms with Gasteiger partial charge < -0.3 is 10.1 Å². The topological polar surface area (TPSA) is 52.0 Å². The van der Waals surface area contributed by atoms with Crippen LogP contribution < -0.4 is 5.32 Å². The van der Waals surface area contributed by atoms with Crippen LogP contribution >= 0.6 is 0 Å². The first kappa shape index (κ1) is 15.8. The average Bonchev–Trinajstić information content (AvgIpc) is 2.88. The van der Waals surface area contributed by atoms with Crippen LogP contribution in [0.1, 0.15) is 54.5 Å². The molecule has 24 heavy (non-hydrogen) atoms. The van der Waals surface area contributed by atoms with Crippen molar-refractivity contribution in [2.75, 3.05) is 7.11 Å². The van der Waals surface area contributed by atoms with Gasteiger partial charge in [-0.05, 0) is 36.8 Å². The normalized spacial score (nSPS) is 23.4. The highest BCUT2D eigenvalue weighted by molar-refractivity contribution is 5.31. The third kappa shape index (κ3) is 3.23. The number of fused-ring (bicyclic) bond motifs is 2. The molecule has 5 heteroatoms. The van der Waals surface area contributed by atoms with Crippen molar-refractivity contribution in [3.05, 3.63) is 47.0 Å². The zero-order valence-electron chi connectivity index (χ0n) is 14.4. The number of hydrogen-bond acceptors (Lipinski definition) is 4. The van der Waals surface area contributed by atoms with E-state index in [9.17, 15) is 0 Å². The van der Waals surface area contributed by atoms with Crippen molar-refractivity contribution in [2.45, 2.75) is 63.8 Å². The van der Waals surface area contributed by atoms with Crippen LogP contribution in [-0.2, 0) is 30.7 Å². The monoisotopic (exact) mass is 326 g/mol. The van der Waals surface area contributed by atoms with Crippen molar-refractivity contribution in [1.82, 2.24) is 20.1 Å². The molecule has 0 saturated carbocycles. The largest absolute Gasteiger partial charge is 0.377 e. The molecule has 0 unspecified atom stereocenters. The highest BCUT2D eigenvalue weighted by Gasteiger charge is 2.26. The van der Waals surface area contributed by atoms with Crippen molar-refractivity contribution >= 4 is 0 Å². The standard InChI is InChI=1S/C19H26N4O/c1-24-13-18-21-19-11-10-15(12-23(19)22-18)20-17-9-5-3-7-14-6-2-4-8-16(14)17/h2,4,6,8,15,17,20H,3,5,7,9-13H2,1H3/t15-,17+/m0/s1. The molecule has 0 saturated heterocycles. The van der Waals surface area contributed by atoms with Crippen LogP contribution in [0.5, 0.6) is 0 Å². The molecule has 2 atom stereocenters. The van der Waals surface area contributed by atoms with Gasteiger partial charge in [0.25, 0.3) is 0 Å². The minimum Gasteiger partial charge on any atom is -0.377 e. The lowest BCUT2D eigenvalue weighted by atomic mass is 9.97. The number of nitrogens with one attached hydrogen (secondary N) is 1. The van der Waals surface area contributed by atoms with Gasteiger partial charge in [-0.25, -0.2) is 9.67 Å². The second-order valence-corrected chi connectivity index (χ2v) is 6.96. The number of nitrogens with zero attached hydrogens (tertiary/aromatic N) is 3. The molecular weight excluding hydrogens is 300 g/mol. The number of methoxy groups -OCH3 is 1. The fourth-order valence-corrected chi connectivity index (χ4v) is 4.07.